The summed E-state index contributed by atoms with van der Waals surface area (Å²) in [5.74, 6) is -0.480. The Kier molecular flexibility index (Phi) is 5.08. The minimum atomic E-state index is -0.486. The van der Waals surface area contributed by atoms with Gasteiger partial charge in [-0.05, 0) is 18.2 Å². The van der Waals surface area contributed by atoms with E-state index in [4.69, 9.17) is 5.26 Å². The Bertz CT molecular complexity index is 704. The number of aliphatic hydroxyl groups excluding tert-OH is 1. The van der Waals surface area contributed by atoms with Crippen LogP contribution in [-0.4, -0.2) is 58.6 Å². The third kappa shape index (κ3) is 3.72. The van der Waals surface area contributed by atoms with E-state index >= 15 is 0 Å². The lowest BCUT2D eigenvalue weighted by Crippen LogP contribution is -2.49. The molecule has 1 fully saturated rings. The summed E-state index contributed by atoms with van der Waals surface area (Å²) in [5, 5.41) is 23.4. The Hall–Kier alpha value is -2.43. The standard InChI is InChI=1S/C17H20FN5O/c18-16-3-1-4-17(15(16)11-19)22-9-7-21(8-10-22)12-14(24)13-23-6-2-5-20-23/h1-6,14,24H,7-10,12-13H2/t14-/m1/s1. The molecule has 0 spiro atoms. The lowest BCUT2D eigenvalue weighted by atomic mass is 10.1. The van der Waals surface area contributed by atoms with Gasteiger partial charge in [-0.1, -0.05) is 6.07 Å². The predicted molar refractivity (Wildman–Crippen MR) is 88.0 cm³/mol. The maximum Gasteiger partial charge on any atom is 0.143 e. The molecule has 2 aromatic rings. The molecular weight excluding hydrogens is 309 g/mol. The summed E-state index contributed by atoms with van der Waals surface area (Å²) in [6, 6.07) is 8.50. The van der Waals surface area contributed by atoms with E-state index in [-0.39, 0.29) is 5.56 Å². The highest BCUT2D eigenvalue weighted by Gasteiger charge is 2.22. The molecule has 126 valence electrons. The van der Waals surface area contributed by atoms with Gasteiger partial charge in [0.25, 0.3) is 0 Å². The molecule has 0 radical (unpaired) electrons. The molecule has 0 bridgehead atoms. The first-order chi connectivity index (χ1) is 11.7. The maximum atomic E-state index is 13.7. The van der Waals surface area contributed by atoms with Crippen LogP contribution in [0.4, 0.5) is 10.1 Å². The number of aromatic nitrogens is 2. The number of rotatable bonds is 5. The van der Waals surface area contributed by atoms with Gasteiger partial charge in [-0.3, -0.25) is 9.58 Å². The van der Waals surface area contributed by atoms with Crippen LogP contribution in [0.5, 0.6) is 0 Å². The Labute approximate surface area is 140 Å². The summed E-state index contributed by atoms with van der Waals surface area (Å²) in [4.78, 5) is 4.20. The molecule has 1 aromatic carbocycles. The van der Waals surface area contributed by atoms with Crippen molar-refractivity contribution >= 4 is 5.69 Å². The average molecular weight is 329 g/mol. The number of β-amino-alcohol motifs (C(OH)–C–C–N with tert-alkyl or cyclic N) is 1. The molecule has 0 amide bonds. The molecule has 1 aliphatic heterocycles. The van der Waals surface area contributed by atoms with Gasteiger partial charge < -0.3 is 10.0 Å². The van der Waals surface area contributed by atoms with Crippen molar-refractivity contribution in [3.63, 3.8) is 0 Å². The number of hydrogen-bond donors (Lipinski definition) is 1. The van der Waals surface area contributed by atoms with Crippen molar-refractivity contribution in [3.05, 3.63) is 48.0 Å². The van der Waals surface area contributed by atoms with Crippen molar-refractivity contribution in [1.29, 1.82) is 5.26 Å². The van der Waals surface area contributed by atoms with Crippen molar-refractivity contribution in [2.75, 3.05) is 37.6 Å². The van der Waals surface area contributed by atoms with Crippen LogP contribution in [0, 0.1) is 17.1 Å². The Morgan fingerprint density at radius 3 is 2.67 bits per heavy atom. The number of hydrogen-bond acceptors (Lipinski definition) is 5. The van der Waals surface area contributed by atoms with Gasteiger partial charge in [0, 0.05) is 45.1 Å². The molecule has 1 aliphatic rings. The van der Waals surface area contributed by atoms with Gasteiger partial charge in [0.1, 0.15) is 17.4 Å². The lowest BCUT2D eigenvalue weighted by Gasteiger charge is -2.37. The molecule has 24 heavy (non-hydrogen) atoms. The van der Waals surface area contributed by atoms with E-state index in [0.717, 1.165) is 13.1 Å². The van der Waals surface area contributed by atoms with Gasteiger partial charge in [0.2, 0.25) is 0 Å². The van der Waals surface area contributed by atoms with Crippen LogP contribution in [0.2, 0.25) is 0 Å². The second kappa shape index (κ2) is 7.43. The largest absolute Gasteiger partial charge is 0.390 e. The number of nitriles is 1. The predicted octanol–water partition coefficient (Wildman–Crippen LogP) is 1.08. The average Bonchev–Trinajstić information content (AvgIpc) is 3.08. The third-order valence-electron chi connectivity index (χ3n) is 4.24. The maximum absolute atomic E-state index is 13.7. The van der Waals surface area contributed by atoms with Gasteiger partial charge >= 0.3 is 0 Å². The van der Waals surface area contributed by atoms with E-state index in [1.54, 1.807) is 23.0 Å². The summed E-state index contributed by atoms with van der Waals surface area (Å²) in [7, 11) is 0. The molecule has 6 nitrogen and oxygen atoms in total. The van der Waals surface area contributed by atoms with Crippen LogP contribution in [0.15, 0.2) is 36.7 Å². The molecule has 0 saturated carbocycles. The second-order valence-electron chi connectivity index (χ2n) is 5.92. The Balaban J connectivity index is 1.54. The van der Waals surface area contributed by atoms with Gasteiger partial charge in [-0.25, -0.2) is 4.39 Å². The SMILES string of the molecule is N#Cc1c(F)cccc1N1CCN(C[C@@H](O)Cn2cccn2)CC1. The highest BCUT2D eigenvalue weighted by Crippen LogP contribution is 2.23. The molecule has 1 N–H and O–H groups in total. The number of benzene rings is 1. The van der Waals surface area contributed by atoms with Crippen molar-refractivity contribution in [1.82, 2.24) is 14.7 Å². The molecular formula is C17H20FN5O. The molecule has 0 aliphatic carbocycles. The first kappa shape index (κ1) is 16.4. The van der Waals surface area contributed by atoms with E-state index in [2.05, 4.69) is 10.00 Å². The van der Waals surface area contributed by atoms with Crippen molar-refractivity contribution < 1.29 is 9.50 Å². The Morgan fingerprint density at radius 1 is 1.21 bits per heavy atom. The van der Waals surface area contributed by atoms with Gasteiger partial charge in [-0.15, -0.1) is 0 Å². The number of halogens is 1. The molecule has 1 atom stereocenters. The van der Waals surface area contributed by atoms with Crippen LogP contribution >= 0.6 is 0 Å². The third-order valence-corrected chi connectivity index (χ3v) is 4.24. The fourth-order valence-electron chi connectivity index (χ4n) is 3.04. The zero-order valence-electron chi connectivity index (χ0n) is 13.3. The minimum Gasteiger partial charge on any atom is -0.390 e. The van der Waals surface area contributed by atoms with Crippen LogP contribution in [0.25, 0.3) is 0 Å². The summed E-state index contributed by atoms with van der Waals surface area (Å²) >= 11 is 0. The monoisotopic (exact) mass is 329 g/mol. The summed E-state index contributed by atoms with van der Waals surface area (Å²) < 4.78 is 15.4. The minimum absolute atomic E-state index is 0.102. The highest BCUT2D eigenvalue weighted by atomic mass is 19.1. The van der Waals surface area contributed by atoms with Crippen LogP contribution < -0.4 is 4.90 Å². The fraction of sp³-hybridized carbons (Fsp3) is 0.412. The van der Waals surface area contributed by atoms with Gasteiger partial charge in [-0.2, -0.15) is 10.4 Å². The van der Waals surface area contributed by atoms with Crippen molar-refractivity contribution in [3.8, 4) is 6.07 Å². The zero-order chi connectivity index (χ0) is 16.9. The quantitative estimate of drug-likeness (QED) is 0.889. The van der Waals surface area contributed by atoms with Crippen LogP contribution in [-0.2, 0) is 6.54 Å². The number of anilines is 1. The Morgan fingerprint density at radius 2 is 2.00 bits per heavy atom. The topological polar surface area (TPSA) is 68.3 Å². The van der Waals surface area contributed by atoms with E-state index in [1.165, 1.54) is 6.07 Å². The van der Waals surface area contributed by atoms with E-state index in [1.807, 2.05) is 23.2 Å². The zero-order valence-corrected chi connectivity index (χ0v) is 13.3. The van der Waals surface area contributed by atoms with Crippen LogP contribution in [0.3, 0.4) is 0 Å². The van der Waals surface area contributed by atoms with E-state index in [0.29, 0.717) is 31.9 Å². The summed E-state index contributed by atoms with van der Waals surface area (Å²) in [5.41, 5.74) is 0.749. The summed E-state index contributed by atoms with van der Waals surface area (Å²) in [6.07, 6.45) is 3.03. The number of piperazine rings is 1. The first-order valence-electron chi connectivity index (χ1n) is 7.99. The summed E-state index contributed by atoms with van der Waals surface area (Å²) in [6.45, 7) is 3.96. The molecule has 7 heteroatoms. The van der Waals surface area contributed by atoms with Gasteiger partial charge in [0.15, 0.2) is 0 Å². The second-order valence-corrected chi connectivity index (χ2v) is 5.92. The van der Waals surface area contributed by atoms with E-state index in [9.17, 15) is 9.50 Å². The molecule has 0 unspecified atom stereocenters. The molecule has 2 heterocycles. The molecule has 3 rings (SSSR count). The van der Waals surface area contributed by atoms with Crippen molar-refractivity contribution in [2.45, 2.75) is 12.6 Å². The molecule has 1 saturated heterocycles. The number of nitrogens with zero attached hydrogens (tertiary/aromatic N) is 5. The lowest BCUT2D eigenvalue weighted by molar-refractivity contribution is 0.0920. The fourth-order valence-corrected chi connectivity index (χ4v) is 3.04. The van der Waals surface area contributed by atoms with Gasteiger partial charge in [0.05, 0.1) is 18.3 Å². The smallest absolute Gasteiger partial charge is 0.143 e. The van der Waals surface area contributed by atoms with E-state index < -0.39 is 11.9 Å². The van der Waals surface area contributed by atoms with Crippen molar-refractivity contribution in [2.24, 2.45) is 0 Å². The number of aliphatic hydroxyl groups is 1. The highest BCUT2D eigenvalue weighted by molar-refractivity contribution is 5.60. The normalized spacial score (nSPS) is 16.8. The van der Waals surface area contributed by atoms with Crippen LogP contribution in [0.1, 0.15) is 5.56 Å². The molecule has 1 aromatic heterocycles. The first-order valence-corrected chi connectivity index (χ1v) is 7.99.